The van der Waals surface area contributed by atoms with Gasteiger partial charge in [-0.2, -0.15) is 4.99 Å². The van der Waals surface area contributed by atoms with Gasteiger partial charge >= 0.3 is 0 Å². The highest BCUT2D eigenvalue weighted by Crippen LogP contribution is 2.28. The summed E-state index contributed by atoms with van der Waals surface area (Å²) < 4.78 is 1.13. The Bertz CT molecular complexity index is 917. The van der Waals surface area contributed by atoms with Crippen LogP contribution in [0, 0.1) is 0 Å². The molecule has 122 valence electrons. The van der Waals surface area contributed by atoms with E-state index in [1.54, 1.807) is 11.3 Å². The zero-order valence-electron chi connectivity index (χ0n) is 13.4. The van der Waals surface area contributed by atoms with E-state index in [4.69, 9.17) is 0 Å². The molecular weight excluding hydrogens is 328 g/mol. The Morgan fingerprint density at radius 3 is 1.88 bits per heavy atom. The number of nitrogens with one attached hydrogen (secondary N) is 2. The maximum absolute atomic E-state index is 4.69. The van der Waals surface area contributed by atoms with Gasteiger partial charge in [0.1, 0.15) is 0 Å². The Labute approximate surface area is 149 Å². The molecule has 0 saturated carbocycles. The average Bonchev–Trinajstić information content (AvgIpc) is 3.05. The van der Waals surface area contributed by atoms with E-state index in [0.29, 0.717) is 11.1 Å². The molecule has 0 aliphatic heterocycles. The van der Waals surface area contributed by atoms with Gasteiger partial charge in [0.2, 0.25) is 11.1 Å². The molecule has 1 heterocycles. The largest absolute Gasteiger partial charge is 0.326 e. The minimum atomic E-state index is 0.636. The molecule has 0 radical (unpaired) electrons. The van der Waals surface area contributed by atoms with E-state index in [2.05, 4.69) is 26.7 Å². The van der Waals surface area contributed by atoms with Gasteiger partial charge in [-0.05, 0) is 36.4 Å². The van der Waals surface area contributed by atoms with Crippen molar-refractivity contribution in [3.8, 4) is 0 Å². The Kier molecular flexibility index (Phi) is 4.39. The predicted octanol–water partition coefficient (Wildman–Crippen LogP) is 5.51. The number of thiazole rings is 1. The van der Waals surface area contributed by atoms with Gasteiger partial charge in [0.15, 0.2) is 0 Å². The molecule has 0 atom stereocenters. The Morgan fingerprint density at radius 1 is 0.720 bits per heavy atom. The molecule has 0 spiro atoms. The highest BCUT2D eigenvalue weighted by molar-refractivity contribution is 7.22. The number of benzene rings is 3. The van der Waals surface area contributed by atoms with Crippen molar-refractivity contribution < 1.29 is 0 Å². The van der Waals surface area contributed by atoms with Crippen molar-refractivity contribution in [2.24, 2.45) is 4.99 Å². The molecule has 3 aromatic carbocycles. The third-order valence-corrected chi connectivity index (χ3v) is 4.49. The van der Waals surface area contributed by atoms with Gasteiger partial charge < -0.3 is 10.6 Å². The van der Waals surface area contributed by atoms with Crippen molar-refractivity contribution >= 4 is 44.0 Å². The maximum atomic E-state index is 4.69. The molecule has 25 heavy (non-hydrogen) atoms. The van der Waals surface area contributed by atoms with Crippen molar-refractivity contribution in [2.45, 2.75) is 0 Å². The maximum Gasteiger partial charge on any atom is 0.213 e. The minimum absolute atomic E-state index is 0.636. The lowest BCUT2D eigenvalue weighted by atomic mass is 10.3. The average molecular weight is 344 g/mol. The van der Waals surface area contributed by atoms with E-state index < -0.39 is 0 Å². The first-order valence-corrected chi connectivity index (χ1v) is 8.77. The van der Waals surface area contributed by atoms with Crippen molar-refractivity contribution in [3.05, 3.63) is 84.9 Å². The molecule has 0 saturated heterocycles. The summed E-state index contributed by atoms with van der Waals surface area (Å²) in [5.41, 5.74) is 2.89. The topological polar surface area (TPSA) is 49.3 Å². The number of hydrogen-bond acceptors (Lipinski definition) is 3. The van der Waals surface area contributed by atoms with Crippen LogP contribution in [0.1, 0.15) is 0 Å². The molecule has 0 amide bonds. The standard InChI is InChI=1S/C20H16N4S/c1-3-9-15(10-4-1)21-19(22-16-11-5-2-6-12-16)24-20-23-17-13-7-8-14-18(17)25-20/h1-14H,(H2,21,22,23,24). The number of aromatic nitrogens is 1. The number of aliphatic imine (C=N–C) groups is 1. The first kappa shape index (κ1) is 15.4. The van der Waals surface area contributed by atoms with Gasteiger partial charge in [0, 0.05) is 11.4 Å². The molecule has 0 aliphatic carbocycles. The fourth-order valence-electron chi connectivity index (χ4n) is 2.41. The van der Waals surface area contributed by atoms with Crippen molar-refractivity contribution in [2.75, 3.05) is 10.6 Å². The predicted molar refractivity (Wildman–Crippen MR) is 107 cm³/mol. The number of anilines is 2. The fourth-order valence-corrected chi connectivity index (χ4v) is 3.25. The first-order valence-electron chi connectivity index (χ1n) is 7.95. The van der Waals surface area contributed by atoms with Gasteiger partial charge in [0.25, 0.3) is 0 Å². The van der Waals surface area contributed by atoms with Crippen molar-refractivity contribution in [3.63, 3.8) is 0 Å². The molecule has 4 rings (SSSR count). The number of rotatable bonds is 3. The number of hydrogen-bond donors (Lipinski definition) is 2. The van der Waals surface area contributed by atoms with Crippen LogP contribution in [0.15, 0.2) is 89.9 Å². The number of para-hydroxylation sites is 3. The highest BCUT2D eigenvalue weighted by Gasteiger charge is 2.06. The summed E-state index contributed by atoms with van der Waals surface area (Å²) in [6.45, 7) is 0. The Morgan fingerprint density at radius 2 is 1.28 bits per heavy atom. The summed E-state index contributed by atoms with van der Waals surface area (Å²) in [6.07, 6.45) is 0. The second-order valence-corrected chi connectivity index (χ2v) is 6.42. The first-order chi connectivity index (χ1) is 12.4. The lowest BCUT2D eigenvalue weighted by Crippen LogP contribution is -2.21. The fraction of sp³-hybridized carbons (Fsp3) is 0. The van der Waals surface area contributed by atoms with Crippen LogP contribution in [0.25, 0.3) is 10.2 Å². The summed E-state index contributed by atoms with van der Waals surface area (Å²) in [5, 5.41) is 7.36. The minimum Gasteiger partial charge on any atom is -0.326 e. The molecule has 1 aromatic heterocycles. The van der Waals surface area contributed by atoms with E-state index in [-0.39, 0.29) is 0 Å². The number of guanidine groups is 1. The Balaban J connectivity index is 1.68. The van der Waals surface area contributed by atoms with Gasteiger partial charge in [-0.25, -0.2) is 4.98 Å². The summed E-state index contributed by atoms with van der Waals surface area (Å²) in [7, 11) is 0. The third-order valence-electron chi connectivity index (χ3n) is 3.56. The zero-order valence-corrected chi connectivity index (χ0v) is 14.2. The number of nitrogens with zero attached hydrogens (tertiary/aromatic N) is 2. The SMILES string of the molecule is c1ccc(NC(=Nc2nc3ccccc3s2)Nc2ccccc2)cc1. The van der Waals surface area contributed by atoms with Crippen LogP contribution in [0.3, 0.4) is 0 Å². The van der Waals surface area contributed by atoms with Crippen LogP contribution in [0.5, 0.6) is 0 Å². The second-order valence-electron chi connectivity index (χ2n) is 5.41. The molecular formula is C20H16N4S. The van der Waals surface area contributed by atoms with Crippen molar-refractivity contribution in [1.82, 2.24) is 4.98 Å². The smallest absolute Gasteiger partial charge is 0.213 e. The quantitative estimate of drug-likeness (QED) is 0.381. The molecule has 0 aliphatic rings. The van der Waals surface area contributed by atoms with Gasteiger partial charge in [0.05, 0.1) is 10.2 Å². The molecule has 2 N–H and O–H groups in total. The van der Waals surface area contributed by atoms with Gasteiger partial charge in [-0.3, -0.25) is 0 Å². The third kappa shape index (κ3) is 3.84. The Hall–Kier alpha value is -3.18. The van der Waals surface area contributed by atoms with Gasteiger partial charge in [-0.1, -0.05) is 59.9 Å². The lowest BCUT2D eigenvalue weighted by molar-refractivity contribution is 1.38. The molecule has 0 bridgehead atoms. The van der Waals surface area contributed by atoms with E-state index in [9.17, 15) is 0 Å². The number of fused-ring (bicyclic) bond motifs is 1. The summed E-state index contributed by atoms with van der Waals surface area (Å²) in [6, 6.07) is 28.0. The molecule has 4 aromatic rings. The normalized spacial score (nSPS) is 10.4. The van der Waals surface area contributed by atoms with Gasteiger partial charge in [-0.15, -0.1) is 0 Å². The van der Waals surface area contributed by atoms with Crippen LogP contribution >= 0.6 is 11.3 Å². The van der Waals surface area contributed by atoms with E-state index in [1.807, 2.05) is 78.9 Å². The molecule has 0 fully saturated rings. The van der Waals surface area contributed by atoms with E-state index in [0.717, 1.165) is 21.6 Å². The van der Waals surface area contributed by atoms with Crippen LogP contribution in [0.4, 0.5) is 16.5 Å². The molecule has 4 nitrogen and oxygen atoms in total. The summed E-state index contributed by atoms with van der Waals surface area (Å²) in [4.78, 5) is 9.28. The molecule has 0 unspecified atom stereocenters. The van der Waals surface area contributed by atoms with Crippen molar-refractivity contribution in [1.29, 1.82) is 0 Å². The highest BCUT2D eigenvalue weighted by atomic mass is 32.1. The monoisotopic (exact) mass is 344 g/mol. The molecule has 5 heteroatoms. The summed E-state index contributed by atoms with van der Waals surface area (Å²) in [5.74, 6) is 0.636. The summed E-state index contributed by atoms with van der Waals surface area (Å²) >= 11 is 1.57. The van der Waals surface area contributed by atoms with E-state index >= 15 is 0 Å². The lowest BCUT2D eigenvalue weighted by Gasteiger charge is -2.11. The van der Waals surface area contributed by atoms with Crippen LogP contribution < -0.4 is 10.6 Å². The van der Waals surface area contributed by atoms with Crippen LogP contribution in [-0.2, 0) is 0 Å². The van der Waals surface area contributed by atoms with Crippen LogP contribution in [0.2, 0.25) is 0 Å². The van der Waals surface area contributed by atoms with Crippen LogP contribution in [-0.4, -0.2) is 10.9 Å². The second kappa shape index (κ2) is 7.15. The zero-order chi connectivity index (χ0) is 16.9. The van der Waals surface area contributed by atoms with E-state index in [1.165, 1.54) is 0 Å².